The highest BCUT2D eigenvalue weighted by atomic mass is 32.2. The third-order valence-electron chi connectivity index (χ3n) is 5.00. The first kappa shape index (κ1) is 16.8. The van der Waals surface area contributed by atoms with Crippen molar-refractivity contribution in [3.63, 3.8) is 0 Å². The molecule has 1 atom stereocenters. The van der Waals surface area contributed by atoms with Gasteiger partial charge in [-0.1, -0.05) is 38.1 Å². The van der Waals surface area contributed by atoms with E-state index in [2.05, 4.69) is 47.9 Å². The molecule has 0 N–H and O–H groups in total. The molecule has 3 nitrogen and oxygen atoms in total. The molecular weight excluding hydrogens is 304 g/mol. The summed E-state index contributed by atoms with van der Waals surface area (Å²) in [6.45, 7) is 8.25. The number of rotatable bonds is 4. The van der Waals surface area contributed by atoms with Crippen LogP contribution in [-0.4, -0.2) is 52.9 Å². The maximum Gasteiger partial charge on any atom is 0.239 e. The fourth-order valence-electron chi connectivity index (χ4n) is 3.53. The zero-order chi connectivity index (χ0) is 16.2. The van der Waals surface area contributed by atoms with Crippen molar-refractivity contribution in [3.8, 4) is 0 Å². The third-order valence-corrected chi connectivity index (χ3v) is 5.95. The minimum absolute atomic E-state index is 0.0999. The number of hydrogen-bond acceptors (Lipinski definition) is 3. The largest absolute Gasteiger partial charge is 0.340 e. The van der Waals surface area contributed by atoms with Crippen LogP contribution >= 0.6 is 11.8 Å². The van der Waals surface area contributed by atoms with Gasteiger partial charge in [-0.2, -0.15) is 11.8 Å². The van der Waals surface area contributed by atoms with Crippen molar-refractivity contribution in [2.45, 2.75) is 45.2 Å². The molecule has 1 aromatic carbocycles. The van der Waals surface area contributed by atoms with Gasteiger partial charge in [-0.3, -0.25) is 9.69 Å². The predicted octanol–water partition coefficient (Wildman–Crippen LogP) is 3.35. The molecule has 2 fully saturated rings. The van der Waals surface area contributed by atoms with E-state index in [0.29, 0.717) is 11.8 Å². The second-order valence-electron chi connectivity index (χ2n) is 6.96. The molecule has 0 aliphatic carbocycles. The summed E-state index contributed by atoms with van der Waals surface area (Å²) >= 11 is 1.96. The van der Waals surface area contributed by atoms with Crippen molar-refractivity contribution >= 4 is 17.7 Å². The summed E-state index contributed by atoms with van der Waals surface area (Å²) < 4.78 is 0. The van der Waals surface area contributed by atoms with Crippen LogP contribution in [0.15, 0.2) is 24.3 Å². The molecule has 2 heterocycles. The van der Waals surface area contributed by atoms with Crippen LogP contribution in [0.1, 0.15) is 43.7 Å². The molecular formula is C19H28N2OS. The van der Waals surface area contributed by atoms with Gasteiger partial charge < -0.3 is 4.90 Å². The molecule has 126 valence electrons. The van der Waals surface area contributed by atoms with E-state index in [9.17, 15) is 4.79 Å². The summed E-state index contributed by atoms with van der Waals surface area (Å²) in [5.41, 5.74) is 2.71. The zero-order valence-electron chi connectivity index (χ0n) is 14.3. The lowest BCUT2D eigenvalue weighted by atomic mass is 10.0. The van der Waals surface area contributed by atoms with Gasteiger partial charge in [-0.25, -0.2) is 0 Å². The van der Waals surface area contributed by atoms with Gasteiger partial charge in [0.05, 0.1) is 6.04 Å². The van der Waals surface area contributed by atoms with E-state index in [4.69, 9.17) is 0 Å². The Morgan fingerprint density at radius 3 is 2.52 bits per heavy atom. The number of carbonyl (C=O) groups is 1. The van der Waals surface area contributed by atoms with Crippen molar-refractivity contribution in [3.05, 3.63) is 35.4 Å². The number of benzene rings is 1. The highest BCUT2D eigenvalue weighted by Gasteiger charge is 2.33. The van der Waals surface area contributed by atoms with Gasteiger partial charge >= 0.3 is 0 Å². The molecule has 1 unspecified atom stereocenters. The molecule has 3 rings (SSSR count). The Labute approximate surface area is 144 Å². The molecule has 0 bridgehead atoms. The van der Waals surface area contributed by atoms with E-state index in [-0.39, 0.29) is 6.04 Å². The lowest BCUT2D eigenvalue weighted by Gasteiger charge is -2.32. The Bertz CT molecular complexity index is 523. The number of nitrogens with zero attached hydrogens (tertiary/aromatic N) is 2. The zero-order valence-corrected chi connectivity index (χ0v) is 15.1. The summed E-state index contributed by atoms with van der Waals surface area (Å²) in [5, 5.41) is 0. The molecule has 0 saturated carbocycles. The Hall–Kier alpha value is -1.00. The Morgan fingerprint density at radius 2 is 1.87 bits per heavy atom. The van der Waals surface area contributed by atoms with E-state index in [1.807, 2.05) is 11.8 Å². The first-order valence-corrected chi connectivity index (χ1v) is 10.00. The maximum atomic E-state index is 12.8. The average Bonchev–Trinajstić information content (AvgIpc) is 3.03. The smallest absolute Gasteiger partial charge is 0.239 e. The molecule has 2 aliphatic rings. The van der Waals surface area contributed by atoms with Crippen LogP contribution in [0.25, 0.3) is 0 Å². The Balaban J connectivity index is 1.63. The third kappa shape index (κ3) is 4.10. The van der Waals surface area contributed by atoms with Crippen LogP contribution in [-0.2, 0) is 11.3 Å². The molecule has 0 spiro atoms. The average molecular weight is 333 g/mol. The van der Waals surface area contributed by atoms with Gasteiger partial charge in [0.15, 0.2) is 0 Å². The van der Waals surface area contributed by atoms with E-state index in [1.54, 1.807) is 0 Å². The molecule has 0 radical (unpaired) electrons. The number of thioether (sulfide) groups is 1. The van der Waals surface area contributed by atoms with Crippen LogP contribution in [0.3, 0.4) is 0 Å². The van der Waals surface area contributed by atoms with Crippen molar-refractivity contribution in [2.75, 3.05) is 31.1 Å². The number of likely N-dealkylation sites (tertiary alicyclic amines) is 1. The second kappa shape index (κ2) is 7.71. The van der Waals surface area contributed by atoms with Crippen molar-refractivity contribution in [1.82, 2.24) is 9.80 Å². The molecule has 1 aromatic rings. The van der Waals surface area contributed by atoms with Crippen LogP contribution in [0.2, 0.25) is 0 Å². The van der Waals surface area contributed by atoms with Crippen LogP contribution in [0, 0.1) is 0 Å². The summed E-state index contributed by atoms with van der Waals surface area (Å²) in [4.78, 5) is 17.3. The quantitative estimate of drug-likeness (QED) is 0.845. The van der Waals surface area contributed by atoms with Gasteiger partial charge in [0.1, 0.15) is 0 Å². The number of amides is 1. The molecule has 4 heteroatoms. The Kier molecular flexibility index (Phi) is 5.65. The van der Waals surface area contributed by atoms with Crippen LogP contribution in [0.4, 0.5) is 0 Å². The first-order chi connectivity index (χ1) is 11.1. The van der Waals surface area contributed by atoms with E-state index >= 15 is 0 Å². The number of carbonyl (C=O) groups excluding carboxylic acids is 1. The van der Waals surface area contributed by atoms with E-state index in [1.165, 1.54) is 11.1 Å². The molecule has 23 heavy (non-hydrogen) atoms. The minimum atomic E-state index is 0.0999. The fraction of sp³-hybridized carbons (Fsp3) is 0.632. The second-order valence-corrected chi connectivity index (χ2v) is 8.19. The predicted molar refractivity (Wildman–Crippen MR) is 97.9 cm³/mol. The Morgan fingerprint density at radius 1 is 1.17 bits per heavy atom. The lowest BCUT2D eigenvalue weighted by molar-refractivity contribution is -0.135. The molecule has 2 aliphatic heterocycles. The van der Waals surface area contributed by atoms with Crippen LogP contribution in [0.5, 0.6) is 0 Å². The topological polar surface area (TPSA) is 23.6 Å². The molecule has 2 saturated heterocycles. The normalized spacial score (nSPS) is 22.7. The first-order valence-electron chi connectivity index (χ1n) is 8.84. The SMILES string of the molecule is CC(C)c1ccc(CN2CCCC2C(=O)N2CCSCC2)cc1. The number of hydrogen-bond donors (Lipinski definition) is 0. The van der Waals surface area contributed by atoms with Gasteiger partial charge in [-0.15, -0.1) is 0 Å². The van der Waals surface area contributed by atoms with Gasteiger partial charge in [0, 0.05) is 31.1 Å². The summed E-state index contributed by atoms with van der Waals surface area (Å²) in [6.07, 6.45) is 2.16. The van der Waals surface area contributed by atoms with Crippen molar-refractivity contribution in [2.24, 2.45) is 0 Å². The van der Waals surface area contributed by atoms with E-state index in [0.717, 1.165) is 50.5 Å². The fourth-order valence-corrected chi connectivity index (χ4v) is 4.44. The maximum absolute atomic E-state index is 12.8. The highest BCUT2D eigenvalue weighted by molar-refractivity contribution is 7.99. The highest BCUT2D eigenvalue weighted by Crippen LogP contribution is 2.24. The van der Waals surface area contributed by atoms with E-state index < -0.39 is 0 Å². The minimum Gasteiger partial charge on any atom is -0.340 e. The van der Waals surface area contributed by atoms with Gasteiger partial charge in [0.2, 0.25) is 5.91 Å². The summed E-state index contributed by atoms with van der Waals surface area (Å²) in [6, 6.07) is 9.02. The van der Waals surface area contributed by atoms with Crippen LogP contribution < -0.4 is 0 Å². The summed E-state index contributed by atoms with van der Waals surface area (Å²) in [7, 11) is 0. The van der Waals surface area contributed by atoms with Crippen molar-refractivity contribution in [1.29, 1.82) is 0 Å². The standard InChI is InChI=1S/C19H28N2OS/c1-15(2)17-7-5-16(6-8-17)14-21-9-3-4-18(21)19(22)20-10-12-23-13-11-20/h5-8,15,18H,3-4,9-14H2,1-2H3. The van der Waals surface area contributed by atoms with Crippen molar-refractivity contribution < 1.29 is 4.79 Å². The molecule has 0 aromatic heterocycles. The van der Waals surface area contributed by atoms with Gasteiger partial charge in [0.25, 0.3) is 0 Å². The van der Waals surface area contributed by atoms with Gasteiger partial charge in [-0.05, 0) is 36.4 Å². The molecule has 1 amide bonds. The monoisotopic (exact) mass is 332 g/mol. The lowest BCUT2D eigenvalue weighted by Crippen LogP contribution is -2.48. The summed E-state index contributed by atoms with van der Waals surface area (Å²) in [5.74, 6) is 3.12.